The molecule has 106 valence electrons. The second kappa shape index (κ2) is 7.86. The van der Waals surface area contributed by atoms with E-state index < -0.39 is 11.8 Å². The van der Waals surface area contributed by atoms with Crippen LogP contribution in [0, 0.1) is 11.7 Å². The summed E-state index contributed by atoms with van der Waals surface area (Å²) in [6, 6.07) is 4.50. The van der Waals surface area contributed by atoms with E-state index in [0.717, 1.165) is 12.1 Å². The molecule has 0 amide bonds. The number of hydrogen-bond acceptors (Lipinski definition) is 4. The molecule has 0 radical (unpaired) electrons. The van der Waals surface area contributed by atoms with E-state index >= 15 is 0 Å². The lowest BCUT2D eigenvalue weighted by Gasteiger charge is -2.11. The standard InChI is InChI=1S/C14H20FNO3/c1-10(9-18-2)7-16-8-11-4-5-12(13(15)6-11)14(17)19-3/h4-6,10,16H,7-9H2,1-3H3. The third kappa shape index (κ3) is 4.96. The molecular formula is C14H20FNO3. The van der Waals surface area contributed by atoms with Crippen LogP contribution in [0.4, 0.5) is 4.39 Å². The van der Waals surface area contributed by atoms with Gasteiger partial charge < -0.3 is 14.8 Å². The molecule has 1 unspecified atom stereocenters. The SMILES string of the molecule is COCC(C)CNCc1ccc(C(=O)OC)c(F)c1. The maximum Gasteiger partial charge on any atom is 0.340 e. The highest BCUT2D eigenvalue weighted by molar-refractivity contribution is 5.89. The Hall–Kier alpha value is -1.46. The van der Waals surface area contributed by atoms with Crippen LogP contribution in [0.2, 0.25) is 0 Å². The van der Waals surface area contributed by atoms with Gasteiger partial charge in [-0.3, -0.25) is 0 Å². The molecule has 0 aromatic heterocycles. The van der Waals surface area contributed by atoms with Crippen molar-refractivity contribution in [2.45, 2.75) is 13.5 Å². The van der Waals surface area contributed by atoms with Crippen LogP contribution in [0.15, 0.2) is 18.2 Å². The molecule has 4 nitrogen and oxygen atoms in total. The van der Waals surface area contributed by atoms with Gasteiger partial charge in [0.05, 0.1) is 12.7 Å². The zero-order chi connectivity index (χ0) is 14.3. The van der Waals surface area contributed by atoms with E-state index in [9.17, 15) is 9.18 Å². The Morgan fingerprint density at radius 1 is 1.42 bits per heavy atom. The molecule has 1 rings (SSSR count). The van der Waals surface area contributed by atoms with Crippen LogP contribution >= 0.6 is 0 Å². The van der Waals surface area contributed by atoms with Crippen LogP contribution in [0.25, 0.3) is 0 Å². The van der Waals surface area contributed by atoms with Crippen LogP contribution in [-0.4, -0.2) is 33.3 Å². The van der Waals surface area contributed by atoms with Crippen molar-refractivity contribution in [3.63, 3.8) is 0 Å². The highest BCUT2D eigenvalue weighted by Gasteiger charge is 2.12. The van der Waals surface area contributed by atoms with Crippen molar-refractivity contribution in [3.8, 4) is 0 Å². The summed E-state index contributed by atoms with van der Waals surface area (Å²) in [6.45, 7) is 4.08. The fourth-order valence-corrected chi connectivity index (χ4v) is 1.75. The first-order valence-electron chi connectivity index (χ1n) is 6.14. The minimum Gasteiger partial charge on any atom is -0.465 e. The molecule has 0 fully saturated rings. The number of esters is 1. The smallest absolute Gasteiger partial charge is 0.340 e. The van der Waals surface area contributed by atoms with Gasteiger partial charge in [0.1, 0.15) is 5.82 Å². The Balaban J connectivity index is 2.52. The first-order chi connectivity index (χ1) is 9.08. The first kappa shape index (κ1) is 15.6. The van der Waals surface area contributed by atoms with E-state index in [4.69, 9.17) is 4.74 Å². The van der Waals surface area contributed by atoms with E-state index in [1.54, 1.807) is 13.2 Å². The average Bonchev–Trinajstić information content (AvgIpc) is 2.38. The zero-order valence-corrected chi connectivity index (χ0v) is 11.5. The Morgan fingerprint density at radius 3 is 2.74 bits per heavy atom. The highest BCUT2D eigenvalue weighted by Crippen LogP contribution is 2.11. The lowest BCUT2D eigenvalue weighted by molar-refractivity contribution is 0.0595. The molecule has 0 aliphatic heterocycles. The van der Waals surface area contributed by atoms with Gasteiger partial charge >= 0.3 is 5.97 Å². The number of carbonyl (C=O) groups excluding carboxylic acids is 1. The Bertz CT molecular complexity index is 423. The van der Waals surface area contributed by atoms with Gasteiger partial charge in [-0.05, 0) is 23.6 Å². The molecule has 0 bridgehead atoms. The normalized spacial score (nSPS) is 12.2. The molecule has 0 aliphatic rings. The Labute approximate surface area is 112 Å². The van der Waals surface area contributed by atoms with Crippen molar-refractivity contribution in [2.24, 2.45) is 5.92 Å². The van der Waals surface area contributed by atoms with Crippen LogP contribution in [-0.2, 0) is 16.0 Å². The summed E-state index contributed by atoms with van der Waals surface area (Å²) in [7, 11) is 2.89. The molecule has 0 heterocycles. The monoisotopic (exact) mass is 269 g/mol. The van der Waals surface area contributed by atoms with Crippen molar-refractivity contribution in [1.82, 2.24) is 5.32 Å². The van der Waals surface area contributed by atoms with Crippen molar-refractivity contribution < 1.29 is 18.7 Å². The van der Waals surface area contributed by atoms with Crippen LogP contribution in [0.1, 0.15) is 22.8 Å². The van der Waals surface area contributed by atoms with Gasteiger partial charge in [-0.25, -0.2) is 9.18 Å². The lowest BCUT2D eigenvalue weighted by Crippen LogP contribution is -2.23. The maximum absolute atomic E-state index is 13.6. The summed E-state index contributed by atoms with van der Waals surface area (Å²) >= 11 is 0. The van der Waals surface area contributed by atoms with Gasteiger partial charge in [-0.15, -0.1) is 0 Å². The number of nitrogens with one attached hydrogen (secondary N) is 1. The predicted octanol–water partition coefficient (Wildman–Crippen LogP) is 1.98. The van der Waals surface area contributed by atoms with Gasteiger partial charge in [0.2, 0.25) is 0 Å². The van der Waals surface area contributed by atoms with Crippen LogP contribution < -0.4 is 5.32 Å². The fraction of sp³-hybridized carbons (Fsp3) is 0.500. The van der Waals surface area contributed by atoms with Gasteiger partial charge in [0.15, 0.2) is 0 Å². The second-order valence-electron chi connectivity index (χ2n) is 4.50. The number of methoxy groups -OCH3 is 2. The number of benzene rings is 1. The molecule has 1 N–H and O–H groups in total. The largest absolute Gasteiger partial charge is 0.465 e. The van der Waals surface area contributed by atoms with Crippen molar-refractivity contribution in [2.75, 3.05) is 27.4 Å². The second-order valence-corrected chi connectivity index (χ2v) is 4.50. The molecule has 19 heavy (non-hydrogen) atoms. The molecule has 1 aromatic rings. The van der Waals surface area contributed by atoms with Gasteiger partial charge in [-0.2, -0.15) is 0 Å². The summed E-state index contributed by atoms with van der Waals surface area (Å²) in [6.07, 6.45) is 0. The van der Waals surface area contributed by atoms with E-state index in [-0.39, 0.29) is 5.56 Å². The zero-order valence-electron chi connectivity index (χ0n) is 11.5. The molecule has 0 aliphatic carbocycles. The molecule has 5 heteroatoms. The van der Waals surface area contributed by atoms with Crippen molar-refractivity contribution in [3.05, 3.63) is 35.1 Å². The van der Waals surface area contributed by atoms with E-state index in [2.05, 4.69) is 17.0 Å². The number of rotatable bonds is 7. The molecule has 1 aromatic carbocycles. The predicted molar refractivity (Wildman–Crippen MR) is 70.5 cm³/mol. The molecule has 0 saturated carbocycles. The average molecular weight is 269 g/mol. The van der Waals surface area contributed by atoms with Crippen LogP contribution in [0.5, 0.6) is 0 Å². The molecular weight excluding hydrogens is 249 g/mol. The maximum atomic E-state index is 13.6. The summed E-state index contributed by atoms with van der Waals surface area (Å²) in [4.78, 5) is 11.2. The van der Waals surface area contributed by atoms with Gasteiger partial charge in [0.25, 0.3) is 0 Å². The summed E-state index contributed by atoms with van der Waals surface area (Å²) in [5, 5.41) is 3.21. The quantitative estimate of drug-likeness (QED) is 0.769. The Kier molecular flexibility index (Phi) is 6.45. The highest BCUT2D eigenvalue weighted by atomic mass is 19.1. The minimum atomic E-state index is -0.661. The topological polar surface area (TPSA) is 47.6 Å². The van der Waals surface area contributed by atoms with E-state index in [1.165, 1.54) is 19.2 Å². The summed E-state index contributed by atoms with van der Waals surface area (Å²) < 4.78 is 23.2. The van der Waals surface area contributed by atoms with Crippen molar-refractivity contribution >= 4 is 5.97 Å². The van der Waals surface area contributed by atoms with Crippen LogP contribution in [0.3, 0.4) is 0 Å². The molecule has 0 saturated heterocycles. The lowest BCUT2D eigenvalue weighted by atomic mass is 10.1. The molecule has 0 spiro atoms. The Morgan fingerprint density at radius 2 is 2.16 bits per heavy atom. The van der Waals surface area contributed by atoms with Gasteiger partial charge in [-0.1, -0.05) is 13.0 Å². The number of halogens is 1. The van der Waals surface area contributed by atoms with Crippen molar-refractivity contribution in [1.29, 1.82) is 0 Å². The minimum absolute atomic E-state index is 0.0426. The number of ether oxygens (including phenoxy) is 2. The third-order valence-electron chi connectivity index (χ3n) is 2.71. The summed E-state index contributed by atoms with van der Waals surface area (Å²) in [5.41, 5.74) is 0.744. The first-order valence-corrected chi connectivity index (χ1v) is 6.14. The summed E-state index contributed by atoms with van der Waals surface area (Å²) in [5.74, 6) is -0.828. The molecule has 1 atom stereocenters. The van der Waals surface area contributed by atoms with E-state index in [0.29, 0.717) is 19.1 Å². The fourth-order valence-electron chi connectivity index (χ4n) is 1.75. The number of hydrogen-bond donors (Lipinski definition) is 1. The van der Waals surface area contributed by atoms with E-state index in [1.807, 2.05) is 0 Å². The van der Waals surface area contributed by atoms with Gasteiger partial charge in [0, 0.05) is 26.8 Å². The third-order valence-corrected chi connectivity index (χ3v) is 2.71. The number of carbonyl (C=O) groups is 1.